The summed E-state index contributed by atoms with van der Waals surface area (Å²) in [6.45, 7) is 12.9. The summed E-state index contributed by atoms with van der Waals surface area (Å²) in [5.41, 5.74) is 6.06. The Bertz CT molecular complexity index is 692. The third kappa shape index (κ3) is 2.95. The van der Waals surface area contributed by atoms with Crippen molar-refractivity contribution in [3.05, 3.63) is 65.3 Å². The first-order chi connectivity index (χ1) is 11.4. The van der Waals surface area contributed by atoms with Gasteiger partial charge in [-0.05, 0) is 35.1 Å². The van der Waals surface area contributed by atoms with Gasteiger partial charge < -0.3 is 0 Å². The SMILES string of the molecule is CCCCC1=CC([Si](C)(C)[Si](C)(C)C2C=Cc3ccccc32)C=C1. The van der Waals surface area contributed by atoms with E-state index in [1.807, 2.05) is 0 Å². The van der Waals surface area contributed by atoms with Gasteiger partial charge in [-0.1, -0.05) is 99.8 Å². The predicted molar refractivity (Wildman–Crippen MR) is 114 cm³/mol. The summed E-state index contributed by atoms with van der Waals surface area (Å²) in [5, 5.41) is 0. The van der Waals surface area contributed by atoms with Crippen LogP contribution in [0, 0.1) is 0 Å². The predicted octanol–water partition coefficient (Wildman–Crippen LogP) is 6.89. The Kier molecular flexibility index (Phi) is 4.90. The lowest BCUT2D eigenvalue weighted by molar-refractivity contribution is 0.798. The van der Waals surface area contributed by atoms with Crippen molar-refractivity contribution < 1.29 is 0 Å². The lowest BCUT2D eigenvalue weighted by Gasteiger charge is -2.45. The maximum Gasteiger partial charge on any atom is 0.0548 e. The fraction of sp³-hybridized carbons (Fsp3) is 0.455. The van der Waals surface area contributed by atoms with E-state index >= 15 is 0 Å². The number of rotatable bonds is 6. The first kappa shape index (κ1) is 17.7. The van der Waals surface area contributed by atoms with E-state index in [2.05, 4.69) is 87.8 Å². The highest BCUT2D eigenvalue weighted by atomic mass is 29.3. The molecule has 128 valence electrons. The summed E-state index contributed by atoms with van der Waals surface area (Å²) in [5.74, 6) is 0. The first-order valence-corrected chi connectivity index (χ1v) is 16.7. The molecule has 0 nitrogen and oxygen atoms in total. The molecule has 0 fully saturated rings. The maximum atomic E-state index is 2.66. The van der Waals surface area contributed by atoms with E-state index in [-0.39, 0.29) is 0 Å². The minimum absolute atomic E-state index is 0.692. The lowest BCUT2D eigenvalue weighted by atomic mass is 10.1. The van der Waals surface area contributed by atoms with Gasteiger partial charge >= 0.3 is 0 Å². The zero-order valence-corrected chi connectivity index (χ0v) is 18.0. The Hall–Kier alpha value is -1.13. The largest absolute Gasteiger partial charge is 0.0803 e. The Morgan fingerprint density at radius 2 is 1.67 bits per heavy atom. The minimum atomic E-state index is -1.42. The van der Waals surface area contributed by atoms with Gasteiger partial charge in [0.25, 0.3) is 0 Å². The molecule has 2 heteroatoms. The second-order valence-electron chi connectivity index (χ2n) is 8.64. The monoisotopic (exact) mass is 352 g/mol. The van der Waals surface area contributed by atoms with Crippen molar-refractivity contribution in [2.75, 3.05) is 0 Å². The van der Waals surface area contributed by atoms with Gasteiger partial charge in [0.15, 0.2) is 0 Å². The van der Waals surface area contributed by atoms with Gasteiger partial charge in [-0.15, -0.1) is 0 Å². The van der Waals surface area contributed by atoms with Gasteiger partial charge in [-0.25, -0.2) is 0 Å². The second kappa shape index (κ2) is 6.64. The van der Waals surface area contributed by atoms with E-state index < -0.39 is 15.2 Å². The van der Waals surface area contributed by atoms with Crippen LogP contribution >= 0.6 is 0 Å². The van der Waals surface area contributed by atoms with Crippen LogP contribution in [0.15, 0.2) is 54.1 Å². The van der Waals surface area contributed by atoms with Gasteiger partial charge in [0.2, 0.25) is 0 Å². The summed E-state index contributed by atoms with van der Waals surface area (Å²) in [7, 11) is -2.81. The van der Waals surface area contributed by atoms with Gasteiger partial charge in [0, 0.05) is 0 Å². The molecule has 0 bridgehead atoms. The van der Waals surface area contributed by atoms with E-state index in [1.165, 1.54) is 24.8 Å². The smallest absolute Gasteiger partial charge is 0.0548 e. The number of benzene rings is 1. The van der Waals surface area contributed by atoms with E-state index in [0.29, 0.717) is 5.54 Å². The van der Waals surface area contributed by atoms with E-state index in [4.69, 9.17) is 0 Å². The van der Waals surface area contributed by atoms with Crippen molar-refractivity contribution in [2.45, 2.75) is 63.5 Å². The Balaban J connectivity index is 1.86. The van der Waals surface area contributed by atoms with Crippen molar-refractivity contribution in [3.8, 4) is 0 Å². The third-order valence-corrected chi connectivity index (χ3v) is 26.1. The molecule has 1 aromatic carbocycles. The van der Waals surface area contributed by atoms with Crippen LogP contribution in [0.1, 0.15) is 42.9 Å². The average Bonchev–Trinajstić information content (AvgIpc) is 3.20. The molecule has 0 radical (unpaired) electrons. The molecule has 0 spiro atoms. The Morgan fingerprint density at radius 1 is 0.917 bits per heavy atom. The van der Waals surface area contributed by atoms with Crippen molar-refractivity contribution in [1.82, 2.24) is 0 Å². The molecule has 0 saturated heterocycles. The molecule has 2 aliphatic carbocycles. The zero-order valence-electron chi connectivity index (χ0n) is 16.0. The molecular weight excluding hydrogens is 320 g/mol. The van der Waals surface area contributed by atoms with Gasteiger partial charge in [0.1, 0.15) is 0 Å². The summed E-state index contributed by atoms with van der Waals surface area (Å²) < 4.78 is 0. The molecule has 0 amide bonds. The topological polar surface area (TPSA) is 0 Å². The molecule has 0 aromatic heterocycles. The fourth-order valence-electron chi connectivity index (χ4n) is 4.27. The lowest BCUT2D eigenvalue weighted by Crippen LogP contribution is -2.60. The first-order valence-electron chi connectivity index (χ1n) is 9.54. The summed E-state index contributed by atoms with van der Waals surface area (Å²) >= 11 is 0. The third-order valence-electron chi connectivity index (χ3n) is 6.80. The van der Waals surface area contributed by atoms with Crippen molar-refractivity contribution in [2.24, 2.45) is 0 Å². The van der Waals surface area contributed by atoms with Crippen LogP contribution < -0.4 is 0 Å². The summed E-state index contributed by atoms with van der Waals surface area (Å²) in [4.78, 5) is 0. The molecule has 24 heavy (non-hydrogen) atoms. The van der Waals surface area contributed by atoms with Crippen molar-refractivity contribution >= 4 is 21.3 Å². The second-order valence-corrected chi connectivity index (χ2v) is 24.5. The molecule has 1 aromatic rings. The zero-order chi connectivity index (χ0) is 17.4. The summed E-state index contributed by atoms with van der Waals surface area (Å²) in [6.07, 6.45) is 16.4. The standard InChI is InChI=1S/C22H32Si2/c1-6-7-10-18-13-15-20(17-18)23(2,3)24(4,5)22-16-14-19-11-8-9-12-21(19)22/h8-9,11-17,20,22H,6-7,10H2,1-5H3. The molecule has 0 heterocycles. The maximum absolute atomic E-state index is 2.66. The highest BCUT2D eigenvalue weighted by Crippen LogP contribution is 2.46. The quantitative estimate of drug-likeness (QED) is 0.489. The normalized spacial score (nSPS) is 22.8. The van der Waals surface area contributed by atoms with Gasteiger partial charge in [0.05, 0.1) is 15.2 Å². The highest BCUT2D eigenvalue weighted by molar-refractivity contribution is 7.42. The van der Waals surface area contributed by atoms with E-state index in [1.54, 1.807) is 11.1 Å². The van der Waals surface area contributed by atoms with Crippen LogP contribution in [0.5, 0.6) is 0 Å². The van der Waals surface area contributed by atoms with Crippen LogP contribution in [0.4, 0.5) is 0 Å². The molecule has 0 aliphatic heterocycles. The fourth-order valence-corrected chi connectivity index (χ4v) is 15.0. The highest BCUT2D eigenvalue weighted by Gasteiger charge is 2.50. The van der Waals surface area contributed by atoms with Crippen LogP contribution in [0.3, 0.4) is 0 Å². The summed E-state index contributed by atoms with van der Waals surface area (Å²) in [6, 6.07) is 9.04. The molecule has 0 saturated carbocycles. The minimum Gasteiger partial charge on any atom is -0.0803 e. The van der Waals surface area contributed by atoms with Crippen LogP contribution in [0.2, 0.25) is 31.7 Å². The molecule has 2 aliphatic rings. The molecule has 3 rings (SSSR count). The number of allylic oxidation sites excluding steroid dienone is 5. The molecule has 2 atom stereocenters. The Labute approximate surface area is 150 Å². The number of unbranched alkanes of at least 4 members (excludes halogenated alkanes) is 1. The number of fused-ring (bicyclic) bond motifs is 1. The van der Waals surface area contributed by atoms with Crippen molar-refractivity contribution in [3.63, 3.8) is 0 Å². The van der Waals surface area contributed by atoms with Crippen molar-refractivity contribution in [1.29, 1.82) is 0 Å². The van der Waals surface area contributed by atoms with Gasteiger partial charge in [-0.3, -0.25) is 0 Å². The van der Waals surface area contributed by atoms with E-state index in [0.717, 1.165) is 5.54 Å². The number of hydrogen-bond acceptors (Lipinski definition) is 0. The molecular formula is C22H32Si2. The molecule has 0 N–H and O–H groups in total. The van der Waals surface area contributed by atoms with Crippen LogP contribution in [-0.4, -0.2) is 15.2 Å². The van der Waals surface area contributed by atoms with E-state index in [9.17, 15) is 0 Å². The van der Waals surface area contributed by atoms with Gasteiger partial charge in [-0.2, -0.15) is 0 Å². The van der Waals surface area contributed by atoms with Crippen LogP contribution in [-0.2, 0) is 0 Å². The molecule has 2 unspecified atom stereocenters. The Morgan fingerprint density at radius 3 is 2.42 bits per heavy atom. The average molecular weight is 353 g/mol. The van der Waals surface area contributed by atoms with Crippen LogP contribution in [0.25, 0.3) is 6.08 Å². The number of hydrogen-bond donors (Lipinski definition) is 0.